The van der Waals surface area contributed by atoms with Crippen molar-refractivity contribution >= 4 is 28.1 Å². The van der Waals surface area contributed by atoms with E-state index in [1.54, 1.807) is 23.5 Å². The van der Waals surface area contributed by atoms with Crippen molar-refractivity contribution in [1.29, 1.82) is 0 Å². The number of carbonyl (C=O) groups is 1. The van der Waals surface area contributed by atoms with Gasteiger partial charge in [0.05, 0.1) is 16.7 Å². The van der Waals surface area contributed by atoms with E-state index in [9.17, 15) is 9.18 Å². The van der Waals surface area contributed by atoms with Crippen LogP contribution in [0.4, 0.5) is 4.39 Å². The largest absolute Gasteiger partial charge is 0.349 e. The van der Waals surface area contributed by atoms with Crippen molar-refractivity contribution in [3.05, 3.63) is 82.6 Å². The standard InChI is InChI=1S/C27H26FN3OS/c1-17(31-27(32)21-8-6-20(7-9-21)26-15-33-16-30-26)18-2-4-19(5-3-18)23-12-13-29-25-11-10-22(28)14-24(23)25/h6-19H,2-5H2,1H3,(H,31,32)/t17-,18?,19?/m1/s1. The number of hydrogen-bond donors (Lipinski definition) is 1. The maximum Gasteiger partial charge on any atom is 0.251 e. The molecule has 4 aromatic rings. The molecule has 0 saturated heterocycles. The Morgan fingerprint density at radius 3 is 2.58 bits per heavy atom. The predicted octanol–water partition coefficient (Wildman–Crippen LogP) is 6.59. The highest BCUT2D eigenvalue weighted by molar-refractivity contribution is 7.07. The number of halogens is 1. The molecule has 0 radical (unpaired) electrons. The zero-order chi connectivity index (χ0) is 22.8. The second-order valence-corrected chi connectivity index (χ2v) is 9.61. The van der Waals surface area contributed by atoms with Gasteiger partial charge in [-0.1, -0.05) is 12.1 Å². The highest BCUT2D eigenvalue weighted by Crippen LogP contribution is 2.39. The summed E-state index contributed by atoms with van der Waals surface area (Å²) in [7, 11) is 0. The van der Waals surface area contributed by atoms with Crippen LogP contribution in [0.2, 0.25) is 0 Å². The van der Waals surface area contributed by atoms with E-state index in [-0.39, 0.29) is 17.8 Å². The quantitative estimate of drug-likeness (QED) is 0.366. The number of pyridine rings is 1. The van der Waals surface area contributed by atoms with Crippen molar-refractivity contribution in [2.75, 3.05) is 0 Å². The average Bonchev–Trinajstić information content (AvgIpc) is 3.39. The van der Waals surface area contributed by atoms with Gasteiger partial charge in [0.25, 0.3) is 5.91 Å². The van der Waals surface area contributed by atoms with Gasteiger partial charge in [0, 0.05) is 34.1 Å². The van der Waals surface area contributed by atoms with Crippen LogP contribution >= 0.6 is 11.3 Å². The number of carbonyl (C=O) groups excluding carboxylic acids is 1. The van der Waals surface area contributed by atoms with Crippen LogP contribution < -0.4 is 5.32 Å². The summed E-state index contributed by atoms with van der Waals surface area (Å²) >= 11 is 1.56. The third-order valence-corrected chi connectivity index (χ3v) is 7.48. The second-order valence-electron chi connectivity index (χ2n) is 8.89. The minimum atomic E-state index is -0.221. The van der Waals surface area contributed by atoms with Crippen molar-refractivity contribution < 1.29 is 9.18 Å². The molecule has 1 aliphatic carbocycles. The van der Waals surface area contributed by atoms with Crippen LogP contribution in [0.3, 0.4) is 0 Å². The molecule has 0 bridgehead atoms. The number of nitrogens with one attached hydrogen (secondary N) is 1. The Morgan fingerprint density at radius 2 is 1.85 bits per heavy atom. The molecule has 2 aromatic carbocycles. The van der Waals surface area contributed by atoms with Gasteiger partial charge >= 0.3 is 0 Å². The lowest BCUT2D eigenvalue weighted by Crippen LogP contribution is -2.39. The number of rotatable bonds is 5. The SMILES string of the molecule is C[C@@H](NC(=O)c1ccc(-c2cscn2)cc1)C1CCC(c2ccnc3ccc(F)cc23)CC1. The van der Waals surface area contributed by atoms with E-state index in [1.165, 1.54) is 11.6 Å². The van der Waals surface area contributed by atoms with E-state index in [4.69, 9.17) is 0 Å². The molecule has 168 valence electrons. The van der Waals surface area contributed by atoms with Crippen LogP contribution in [0, 0.1) is 11.7 Å². The van der Waals surface area contributed by atoms with Crippen molar-refractivity contribution in [1.82, 2.24) is 15.3 Å². The van der Waals surface area contributed by atoms with E-state index < -0.39 is 0 Å². The Bertz CT molecular complexity index is 1250. The Hall–Kier alpha value is -3.12. The molecular weight excluding hydrogens is 433 g/mol. The van der Waals surface area contributed by atoms with Crippen LogP contribution in [0.5, 0.6) is 0 Å². The Morgan fingerprint density at radius 1 is 1.06 bits per heavy atom. The number of benzene rings is 2. The Labute approximate surface area is 196 Å². The number of thiazole rings is 1. The first-order valence-corrected chi connectivity index (χ1v) is 12.4. The van der Waals surface area contributed by atoms with Gasteiger partial charge in [-0.2, -0.15) is 0 Å². The molecule has 6 heteroatoms. The Kier molecular flexibility index (Phi) is 6.18. The third-order valence-electron chi connectivity index (χ3n) is 6.89. The summed E-state index contributed by atoms with van der Waals surface area (Å²) in [5, 5.41) is 6.12. The number of amides is 1. The van der Waals surface area contributed by atoms with Gasteiger partial charge in [0.2, 0.25) is 0 Å². The summed E-state index contributed by atoms with van der Waals surface area (Å²) in [6, 6.07) is 14.6. The summed E-state index contributed by atoms with van der Waals surface area (Å²) in [6.45, 7) is 2.10. The number of hydrogen-bond acceptors (Lipinski definition) is 4. The normalized spacial score (nSPS) is 19.3. The zero-order valence-corrected chi connectivity index (χ0v) is 19.3. The van der Waals surface area contributed by atoms with Crippen LogP contribution in [0.1, 0.15) is 54.4 Å². The van der Waals surface area contributed by atoms with Crippen LogP contribution in [0.25, 0.3) is 22.2 Å². The van der Waals surface area contributed by atoms with Gasteiger partial charge in [-0.15, -0.1) is 11.3 Å². The molecule has 0 spiro atoms. The molecule has 1 aliphatic rings. The lowest BCUT2D eigenvalue weighted by Gasteiger charge is -2.33. The van der Waals surface area contributed by atoms with Gasteiger partial charge < -0.3 is 5.32 Å². The third kappa shape index (κ3) is 4.67. The molecule has 1 saturated carbocycles. The second kappa shape index (κ2) is 9.40. The van der Waals surface area contributed by atoms with Gasteiger partial charge in [-0.25, -0.2) is 9.37 Å². The van der Waals surface area contributed by atoms with E-state index >= 15 is 0 Å². The molecular formula is C27H26FN3OS. The summed E-state index contributed by atoms with van der Waals surface area (Å²) in [6.07, 6.45) is 5.96. The molecule has 1 amide bonds. The van der Waals surface area contributed by atoms with Crippen LogP contribution in [0.15, 0.2) is 65.6 Å². The highest BCUT2D eigenvalue weighted by Gasteiger charge is 2.28. The van der Waals surface area contributed by atoms with Gasteiger partial charge in [0.1, 0.15) is 5.82 Å². The lowest BCUT2D eigenvalue weighted by molar-refractivity contribution is 0.0918. The van der Waals surface area contributed by atoms with E-state index in [0.29, 0.717) is 17.4 Å². The number of fused-ring (bicyclic) bond motifs is 1. The Balaban J connectivity index is 1.20. The molecule has 4 nitrogen and oxygen atoms in total. The van der Waals surface area contributed by atoms with Gasteiger partial charge in [0.15, 0.2) is 0 Å². The minimum Gasteiger partial charge on any atom is -0.349 e. The molecule has 2 heterocycles. The fourth-order valence-corrected chi connectivity index (χ4v) is 5.54. The fourth-order valence-electron chi connectivity index (χ4n) is 4.98. The minimum absolute atomic E-state index is 0.0370. The van der Waals surface area contributed by atoms with Crippen molar-refractivity contribution in [2.24, 2.45) is 5.92 Å². The fraction of sp³-hybridized carbons (Fsp3) is 0.296. The molecule has 1 fully saturated rings. The van der Waals surface area contributed by atoms with E-state index in [1.807, 2.05) is 47.4 Å². The monoisotopic (exact) mass is 459 g/mol. The van der Waals surface area contributed by atoms with Gasteiger partial charge in [-0.3, -0.25) is 9.78 Å². The highest BCUT2D eigenvalue weighted by atomic mass is 32.1. The van der Waals surface area contributed by atoms with E-state index in [0.717, 1.165) is 47.8 Å². The topological polar surface area (TPSA) is 54.9 Å². The zero-order valence-electron chi connectivity index (χ0n) is 18.5. The molecule has 33 heavy (non-hydrogen) atoms. The summed E-state index contributed by atoms with van der Waals surface area (Å²) in [5.41, 5.74) is 6.46. The molecule has 0 aliphatic heterocycles. The molecule has 0 unspecified atom stereocenters. The maximum atomic E-state index is 13.8. The first-order chi connectivity index (χ1) is 16.1. The van der Waals surface area contributed by atoms with Crippen LogP contribution in [-0.2, 0) is 0 Å². The molecule has 5 rings (SSSR count). The van der Waals surface area contributed by atoms with Crippen molar-refractivity contribution in [3.8, 4) is 11.3 Å². The first kappa shape index (κ1) is 21.7. The van der Waals surface area contributed by atoms with Gasteiger partial charge in [-0.05, 0) is 86.4 Å². The lowest BCUT2D eigenvalue weighted by atomic mass is 9.75. The molecule has 1 atom stereocenters. The summed E-state index contributed by atoms with van der Waals surface area (Å²) in [4.78, 5) is 21.5. The number of aromatic nitrogens is 2. The smallest absolute Gasteiger partial charge is 0.251 e. The summed E-state index contributed by atoms with van der Waals surface area (Å²) in [5.74, 6) is 0.575. The predicted molar refractivity (Wildman–Crippen MR) is 131 cm³/mol. The summed E-state index contributed by atoms with van der Waals surface area (Å²) < 4.78 is 13.8. The van der Waals surface area contributed by atoms with Crippen molar-refractivity contribution in [2.45, 2.75) is 44.6 Å². The average molecular weight is 460 g/mol. The van der Waals surface area contributed by atoms with Crippen molar-refractivity contribution in [3.63, 3.8) is 0 Å². The van der Waals surface area contributed by atoms with Crippen LogP contribution in [-0.4, -0.2) is 21.9 Å². The number of nitrogens with zero attached hydrogens (tertiary/aromatic N) is 2. The first-order valence-electron chi connectivity index (χ1n) is 11.4. The maximum absolute atomic E-state index is 13.8. The van der Waals surface area contributed by atoms with E-state index in [2.05, 4.69) is 22.2 Å². The molecule has 2 aromatic heterocycles. The molecule has 1 N–H and O–H groups in total.